The normalized spacial score (nSPS) is 17.0. The molecule has 0 radical (unpaired) electrons. The molecule has 0 spiro atoms. The highest BCUT2D eigenvalue weighted by Crippen LogP contribution is 2.27. The summed E-state index contributed by atoms with van der Waals surface area (Å²) >= 11 is 0. The molecule has 2 aromatic heterocycles. The van der Waals surface area contributed by atoms with Gasteiger partial charge in [-0.15, -0.1) is 0 Å². The third-order valence-electron chi connectivity index (χ3n) is 4.70. The number of carbonyl (C=O) groups excluding carboxylic acids is 1. The number of aromatic amines is 1. The molecular weight excluding hydrogens is 376 g/mol. The van der Waals surface area contributed by atoms with Crippen LogP contribution in [0.25, 0.3) is 10.9 Å². The average molecular weight is 396 g/mol. The third-order valence-corrected chi connectivity index (χ3v) is 4.70. The van der Waals surface area contributed by atoms with Crippen LogP contribution in [0.4, 0.5) is 21.2 Å². The summed E-state index contributed by atoms with van der Waals surface area (Å²) in [5.41, 5.74) is 1.51. The smallest absolute Gasteiger partial charge is 0.410 e. The zero-order valence-electron chi connectivity index (χ0n) is 15.4. The first-order valence-corrected chi connectivity index (χ1v) is 9.18. The van der Waals surface area contributed by atoms with E-state index in [0.717, 1.165) is 18.4 Å². The zero-order valence-corrected chi connectivity index (χ0v) is 15.4. The summed E-state index contributed by atoms with van der Waals surface area (Å²) in [4.78, 5) is 27.6. The lowest BCUT2D eigenvalue weighted by molar-refractivity contribution is 0.0815. The number of nitrogens with one attached hydrogen (secondary N) is 4. The van der Waals surface area contributed by atoms with E-state index in [-0.39, 0.29) is 18.0 Å². The second kappa shape index (κ2) is 8.15. The highest BCUT2D eigenvalue weighted by atomic mass is 16.5. The van der Waals surface area contributed by atoms with Crippen LogP contribution in [0, 0.1) is 0 Å². The minimum absolute atomic E-state index is 0.0872. The predicted octanol–water partition coefficient (Wildman–Crippen LogP) is 3.09. The first-order chi connectivity index (χ1) is 14.1. The Labute approximate surface area is 165 Å². The summed E-state index contributed by atoms with van der Waals surface area (Å²) in [5, 5.41) is 23.8. The quantitative estimate of drug-likeness (QED) is 0.449. The molecule has 3 heterocycles. The number of carbonyl (C=O) groups is 2. The number of anilines is 2. The van der Waals surface area contributed by atoms with Crippen LogP contribution in [0.5, 0.6) is 0 Å². The molecule has 10 heteroatoms. The number of rotatable bonds is 5. The first kappa shape index (κ1) is 18.7. The first-order valence-electron chi connectivity index (χ1n) is 9.18. The molecule has 1 saturated heterocycles. The van der Waals surface area contributed by atoms with Crippen LogP contribution in [-0.4, -0.2) is 45.1 Å². The van der Waals surface area contributed by atoms with Gasteiger partial charge in [0.05, 0.1) is 23.0 Å². The van der Waals surface area contributed by atoms with E-state index in [1.54, 1.807) is 6.07 Å². The Hall–Kier alpha value is -3.66. The lowest BCUT2D eigenvalue weighted by Gasteiger charge is -2.24. The molecule has 1 aliphatic heterocycles. The van der Waals surface area contributed by atoms with Gasteiger partial charge in [-0.1, -0.05) is 30.3 Å². The molecule has 150 valence electrons. The second-order valence-electron chi connectivity index (χ2n) is 6.66. The fourth-order valence-corrected chi connectivity index (χ4v) is 3.39. The zero-order chi connectivity index (χ0) is 20.2. The van der Waals surface area contributed by atoms with Crippen LogP contribution in [0.15, 0.2) is 42.6 Å². The van der Waals surface area contributed by atoms with Gasteiger partial charge >= 0.3 is 12.1 Å². The van der Waals surface area contributed by atoms with Gasteiger partial charge in [0, 0.05) is 18.9 Å². The SMILES string of the molecule is O=C(O)Nc1n[nH]c2cc(NC(=O)NC(c3ccccc3)[C@H]3CCCO3)ncc12. The van der Waals surface area contributed by atoms with Gasteiger partial charge in [0.2, 0.25) is 0 Å². The lowest BCUT2D eigenvalue weighted by Crippen LogP contribution is -2.38. The van der Waals surface area contributed by atoms with E-state index in [9.17, 15) is 9.59 Å². The molecule has 4 rings (SSSR count). The molecule has 1 unspecified atom stereocenters. The number of fused-ring (bicyclic) bond motifs is 1. The summed E-state index contributed by atoms with van der Waals surface area (Å²) in [6, 6.07) is 10.6. The standard InChI is InChI=1S/C19H20N6O4/c26-18(22-16(14-7-4-8-29-14)11-5-2-1-3-6-11)21-15-9-13-12(10-20-15)17(25-24-13)23-19(27)28/h1-3,5-6,9-10,14,16H,4,7-8H2,(H,27,28)(H2,23,24,25)(H2,20,21,22,26)/t14-,16?/m1/s1. The largest absolute Gasteiger partial charge is 0.465 e. The van der Waals surface area contributed by atoms with Gasteiger partial charge in [0.25, 0.3) is 0 Å². The van der Waals surface area contributed by atoms with E-state index < -0.39 is 12.1 Å². The molecule has 1 aromatic carbocycles. The van der Waals surface area contributed by atoms with Gasteiger partial charge in [0.1, 0.15) is 5.82 Å². The van der Waals surface area contributed by atoms with Crippen molar-refractivity contribution in [1.29, 1.82) is 0 Å². The highest BCUT2D eigenvalue weighted by Gasteiger charge is 2.28. The van der Waals surface area contributed by atoms with Crippen LogP contribution in [-0.2, 0) is 4.74 Å². The number of nitrogens with zero attached hydrogens (tertiary/aromatic N) is 2. The number of H-pyrrole nitrogens is 1. The number of ether oxygens (including phenoxy) is 1. The Morgan fingerprint density at radius 1 is 1.24 bits per heavy atom. The summed E-state index contributed by atoms with van der Waals surface area (Å²) in [5.74, 6) is 0.457. The van der Waals surface area contributed by atoms with E-state index in [2.05, 4.69) is 31.1 Å². The number of urea groups is 1. The average Bonchev–Trinajstić information content (AvgIpc) is 3.37. The summed E-state index contributed by atoms with van der Waals surface area (Å²) < 4.78 is 5.79. The second-order valence-corrected chi connectivity index (χ2v) is 6.66. The van der Waals surface area contributed by atoms with Gasteiger partial charge < -0.3 is 15.2 Å². The summed E-state index contributed by atoms with van der Waals surface area (Å²) in [7, 11) is 0. The molecule has 3 amide bonds. The van der Waals surface area contributed by atoms with Crippen LogP contribution < -0.4 is 16.0 Å². The highest BCUT2D eigenvalue weighted by molar-refractivity contribution is 5.98. The molecule has 2 atom stereocenters. The van der Waals surface area contributed by atoms with Gasteiger partial charge in [-0.2, -0.15) is 5.10 Å². The van der Waals surface area contributed by atoms with Crippen molar-refractivity contribution in [1.82, 2.24) is 20.5 Å². The maximum absolute atomic E-state index is 12.6. The molecule has 0 bridgehead atoms. The molecule has 1 aliphatic rings. The van der Waals surface area contributed by atoms with E-state index in [1.165, 1.54) is 6.20 Å². The van der Waals surface area contributed by atoms with E-state index >= 15 is 0 Å². The van der Waals surface area contributed by atoms with Crippen molar-refractivity contribution in [2.75, 3.05) is 17.2 Å². The molecule has 29 heavy (non-hydrogen) atoms. The molecule has 1 fully saturated rings. The van der Waals surface area contributed by atoms with Crippen molar-refractivity contribution in [3.8, 4) is 0 Å². The number of amides is 3. The Bertz CT molecular complexity index is 1020. The summed E-state index contributed by atoms with van der Waals surface area (Å²) in [6.45, 7) is 0.683. The topological polar surface area (TPSA) is 141 Å². The maximum Gasteiger partial charge on any atom is 0.410 e. The Morgan fingerprint density at radius 3 is 2.79 bits per heavy atom. The number of hydrogen-bond acceptors (Lipinski definition) is 5. The lowest BCUT2D eigenvalue weighted by atomic mass is 9.99. The molecule has 0 aliphatic carbocycles. The van der Waals surface area contributed by atoms with Gasteiger partial charge in [-0.25, -0.2) is 14.6 Å². The number of benzene rings is 1. The van der Waals surface area contributed by atoms with Gasteiger partial charge in [-0.3, -0.25) is 15.7 Å². The van der Waals surface area contributed by atoms with E-state index in [1.807, 2.05) is 30.3 Å². The molecule has 0 saturated carbocycles. The van der Waals surface area contributed by atoms with E-state index in [0.29, 0.717) is 23.3 Å². The van der Waals surface area contributed by atoms with E-state index in [4.69, 9.17) is 9.84 Å². The number of hydrogen-bond donors (Lipinski definition) is 5. The van der Waals surface area contributed by atoms with Crippen molar-refractivity contribution in [3.63, 3.8) is 0 Å². The monoisotopic (exact) mass is 396 g/mol. The Morgan fingerprint density at radius 2 is 2.07 bits per heavy atom. The van der Waals surface area contributed by atoms with Crippen LogP contribution in [0.2, 0.25) is 0 Å². The third kappa shape index (κ3) is 4.27. The van der Waals surface area contributed by atoms with Crippen molar-refractivity contribution in [2.45, 2.75) is 25.0 Å². The molecule has 5 N–H and O–H groups in total. The van der Waals surface area contributed by atoms with Crippen LogP contribution >= 0.6 is 0 Å². The maximum atomic E-state index is 12.6. The molecule has 3 aromatic rings. The Kier molecular flexibility index (Phi) is 5.25. The van der Waals surface area contributed by atoms with Crippen LogP contribution in [0.3, 0.4) is 0 Å². The molecular formula is C19H20N6O4. The number of carboxylic acid groups (broad SMARTS) is 1. The van der Waals surface area contributed by atoms with Crippen molar-refractivity contribution in [3.05, 3.63) is 48.2 Å². The fraction of sp³-hybridized carbons (Fsp3) is 0.263. The Balaban J connectivity index is 1.48. The fourth-order valence-electron chi connectivity index (χ4n) is 3.39. The number of aromatic nitrogens is 3. The van der Waals surface area contributed by atoms with Crippen molar-refractivity contribution < 1.29 is 19.4 Å². The minimum atomic E-state index is -1.22. The summed E-state index contributed by atoms with van der Waals surface area (Å²) in [6.07, 6.45) is 1.96. The van der Waals surface area contributed by atoms with Crippen LogP contribution in [0.1, 0.15) is 24.4 Å². The predicted molar refractivity (Wildman–Crippen MR) is 106 cm³/mol. The molecule has 10 nitrogen and oxygen atoms in total. The van der Waals surface area contributed by atoms with Gasteiger partial charge in [-0.05, 0) is 18.4 Å². The van der Waals surface area contributed by atoms with Crippen molar-refractivity contribution in [2.24, 2.45) is 0 Å². The van der Waals surface area contributed by atoms with Gasteiger partial charge in [0.15, 0.2) is 5.82 Å². The number of pyridine rings is 1. The van der Waals surface area contributed by atoms with Crippen molar-refractivity contribution >= 4 is 34.7 Å². The minimum Gasteiger partial charge on any atom is -0.465 e.